The molecule has 0 saturated carbocycles. The Kier molecular flexibility index (Phi) is 4.80. The second-order valence-electron chi connectivity index (χ2n) is 5.85. The predicted molar refractivity (Wildman–Crippen MR) is 88.1 cm³/mol. The van der Waals surface area contributed by atoms with E-state index in [9.17, 15) is 9.59 Å². The van der Waals surface area contributed by atoms with Crippen molar-refractivity contribution in [2.45, 2.75) is 33.1 Å². The van der Waals surface area contributed by atoms with Crippen LogP contribution >= 0.6 is 0 Å². The van der Waals surface area contributed by atoms with E-state index in [0.29, 0.717) is 17.8 Å². The van der Waals surface area contributed by atoms with Gasteiger partial charge in [-0.3, -0.25) is 4.79 Å². The van der Waals surface area contributed by atoms with Gasteiger partial charge in [0.05, 0.1) is 42.9 Å². The summed E-state index contributed by atoms with van der Waals surface area (Å²) in [6, 6.07) is 5.41. The molecule has 1 fully saturated rings. The van der Waals surface area contributed by atoms with Crippen LogP contribution in [-0.4, -0.2) is 57.3 Å². The molecule has 132 valence electrons. The summed E-state index contributed by atoms with van der Waals surface area (Å²) in [4.78, 5) is 28.1. The molecular formula is C17H20N4O4. The van der Waals surface area contributed by atoms with Crippen molar-refractivity contribution in [3.05, 3.63) is 41.7 Å². The van der Waals surface area contributed by atoms with E-state index in [0.717, 1.165) is 5.56 Å². The molecule has 1 aromatic carbocycles. The standard InChI is InChI=1S/C17H20N4O4/c1-4-24-17(23)16-20(10-12(3)25-16)15(22)13-9-11(2)5-6-14(13)21-18-7-8-19-21/h5-9,12,16H,4,10H2,1-3H3/t12-,16?/m0/s1. The molecule has 2 aromatic rings. The summed E-state index contributed by atoms with van der Waals surface area (Å²) in [5.41, 5.74) is 1.87. The summed E-state index contributed by atoms with van der Waals surface area (Å²) >= 11 is 0. The molecule has 0 N–H and O–H groups in total. The number of benzene rings is 1. The quantitative estimate of drug-likeness (QED) is 0.778. The first-order chi connectivity index (χ1) is 12.0. The minimum absolute atomic E-state index is 0.224. The van der Waals surface area contributed by atoms with Gasteiger partial charge in [0, 0.05) is 0 Å². The van der Waals surface area contributed by atoms with E-state index >= 15 is 0 Å². The number of nitrogens with zero attached hydrogens (tertiary/aromatic N) is 4. The first kappa shape index (κ1) is 17.1. The predicted octanol–water partition coefficient (Wildman–Crippen LogP) is 1.33. The maximum Gasteiger partial charge on any atom is 0.356 e. The van der Waals surface area contributed by atoms with Gasteiger partial charge in [-0.15, -0.1) is 0 Å². The Morgan fingerprint density at radius 1 is 1.32 bits per heavy atom. The zero-order valence-corrected chi connectivity index (χ0v) is 14.4. The molecule has 8 nitrogen and oxygen atoms in total. The third-order valence-corrected chi connectivity index (χ3v) is 3.86. The van der Waals surface area contributed by atoms with Crippen LogP contribution in [0.5, 0.6) is 0 Å². The van der Waals surface area contributed by atoms with Crippen LogP contribution in [0.4, 0.5) is 0 Å². The normalized spacial score (nSPS) is 19.9. The summed E-state index contributed by atoms with van der Waals surface area (Å²) in [6.45, 7) is 5.95. The fraction of sp³-hybridized carbons (Fsp3) is 0.412. The Morgan fingerprint density at radius 2 is 2.04 bits per heavy atom. The third-order valence-electron chi connectivity index (χ3n) is 3.86. The highest BCUT2D eigenvalue weighted by atomic mass is 16.6. The number of carbonyl (C=O) groups is 2. The number of carbonyl (C=O) groups excluding carboxylic acids is 2. The number of amides is 1. The van der Waals surface area contributed by atoms with Crippen LogP contribution in [0.2, 0.25) is 0 Å². The second kappa shape index (κ2) is 7.02. The molecule has 1 saturated heterocycles. The monoisotopic (exact) mass is 344 g/mol. The molecule has 1 aliphatic rings. The maximum absolute atomic E-state index is 13.1. The highest BCUT2D eigenvalue weighted by molar-refractivity contribution is 6.00. The molecule has 1 aliphatic heterocycles. The van der Waals surface area contributed by atoms with Gasteiger partial charge in [0.25, 0.3) is 5.91 Å². The van der Waals surface area contributed by atoms with E-state index in [-0.39, 0.29) is 18.6 Å². The molecule has 25 heavy (non-hydrogen) atoms. The van der Waals surface area contributed by atoms with Gasteiger partial charge in [-0.05, 0) is 32.9 Å². The lowest BCUT2D eigenvalue weighted by molar-refractivity contribution is -0.161. The van der Waals surface area contributed by atoms with E-state index in [1.807, 2.05) is 19.9 Å². The molecule has 2 heterocycles. The van der Waals surface area contributed by atoms with Crippen LogP contribution in [0.1, 0.15) is 29.8 Å². The lowest BCUT2D eigenvalue weighted by Gasteiger charge is -2.22. The molecular weight excluding hydrogens is 324 g/mol. The fourth-order valence-corrected chi connectivity index (χ4v) is 2.79. The van der Waals surface area contributed by atoms with Crippen LogP contribution in [-0.2, 0) is 14.3 Å². The number of hydrogen-bond donors (Lipinski definition) is 0. The smallest absolute Gasteiger partial charge is 0.356 e. The SMILES string of the molecule is CCOC(=O)C1O[C@@H](C)CN1C(=O)c1cc(C)ccc1-n1nccn1. The molecule has 8 heteroatoms. The average Bonchev–Trinajstić information content (AvgIpc) is 3.24. The van der Waals surface area contributed by atoms with Gasteiger partial charge in [0.2, 0.25) is 6.23 Å². The van der Waals surface area contributed by atoms with Gasteiger partial charge in [-0.2, -0.15) is 15.0 Å². The Morgan fingerprint density at radius 3 is 2.72 bits per heavy atom. The van der Waals surface area contributed by atoms with Crippen molar-refractivity contribution >= 4 is 11.9 Å². The van der Waals surface area contributed by atoms with Crippen molar-refractivity contribution in [2.75, 3.05) is 13.2 Å². The Hall–Kier alpha value is -2.74. The highest BCUT2D eigenvalue weighted by Gasteiger charge is 2.41. The van der Waals surface area contributed by atoms with E-state index in [2.05, 4.69) is 10.2 Å². The summed E-state index contributed by atoms with van der Waals surface area (Å²) in [5.74, 6) is -0.884. The number of rotatable bonds is 4. The largest absolute Gasteiger partial charge is 0.463 e. The van der Waals surface area contributed by atoms with Crippen LogP contribution in [0.15, 0.2) is 30.6 Å². The Bertz CT molecular complexity index is 775. The van der Waals surface area contributed by atoms with Crippen molar-refractivity contribution in [2.24, 2.45) is 0 Å². The van der Waals surface area contributed by atoms with E-state index in [1.165, 1.54) is 22.1 Å². The summed E-state index contributed by atoms with van der Waals surface area (Å²) in [5, 5.41) is 8.19. The van der Waals surface area contributed by atoms with Crippen LogP contribution in [0.25, 0.3) is 5.69 Å². The van der Waals surface area contributed by atoms with E-state index in [1.54, 1.807) is 19.1 Å². The fourth-order valence-electron chi connectivity index (χ4n) is 2.79. The summed E-state index contributed by atoms with van der Waals surface area (Å²) < 4.78 is 10.6. The van der Waals surface area contributed by atoms with Crippen LogP contribution in [0, 0.1) is 6.92 Å². The zero-order chi connectivity index (χ0) is 18.0. The van der Waals surface area contributed by atoms with Crippen LogP contribution in [0.3, 0.4) is 0 Å². The van der Waals surface area contributed by atoms with Gasteiger partial charge in [-0.25, -0.2) is 4.79 Å². The molecule has 3 rings (SSSR count). The Labute approximate surface area is 145 Å². The number of aromatic nitrogens is 3. The molecule has 0 spiro atoms. The first-order valence-corrected chi connectivity index (χ1v) is 8.11. The van der Waals surface area contributed by atoms with Gasteiger partial charge >= 0.3 is 5.97 Å². The van der Waals surface area contributed by atoms with Crippen LogP contribution < -0.4 is 0 Å². The van der Waals surface area contributed by atoms with E-state index in [4.69, 9.17) is 9.47 Å². The molecule has 0 bridgehead atoms. The van der Waals surface area contributed by atoms with Crippen molar-refractivity contribution < 1.29 is 19.1 Å². The maximum atomic E-state index is 13.1. The summed E-state index contributed by atoms with van der Waals surface area (Å²) in [6.07, 6.45) is 1.78. The van der Waals surface area contributed by atoms with Crippen molar-refractivity contribution in [3.8, 4) is 5.69 Å². The number of aryl methyl sites for hydroxylation is 1. The minimum atomic E-state index is -1.04. The third kappa shape index (κ3) is 3.39. The first-order valence-electron chi connectivity index (χ1n) is 8.11. The molecule has 1 amide bonds. The number of ether oxygens (including phenoxy) is 2. The number of esters is 1. The highest BCUT2D eigenvalue weighted by Crippen LogP contribution is 2.24. The van der Waals surface area contributed by atoms with Crippen molar-refractivity contribution in [3.63, 3.8) is 0 Å². The zero-order valence-electron chi connectivity index (χ0n) is 14.4. The molecule has 1 unspecified atom stereocenters. The van der Waals surface area contributed by atoms with Gasteiger partial charge in [-0.1, -0.05) is 11.6 Å². The van der Waals surface area contributed by atoms with Gasteiger partial charge in [0.15, 0.2) is 0 Å². The number of hydrogen-bond acceptors (Lipinski definition) is 6. The average molecular weight is 344 g/mol. The molecule has 2 atom stereocenters. The molecule has 1 aromatic heterocycles. The molecule has 0 aliphatic carbocycles. The van der Waals surface area contributed by atoms with Crippen molar-refractivity contribution in [1.82, 2.24) is 19.9 Å². The summed E-state index contributed by atoms with van der Waals surface area (Å²) in [7, 11) is 0. The van der Waals surface area contributed by atoms with E-state index < -0.39 is 12.2 Å². The topological polar surface area (TPSA) is 86.5 Å². The lowest BCUT2D eigenvalue weighted by atomic mass is 10.1. The minimum Gasteiger partial charge on any atom is -0.463 e. The lowest BCUT2D eigenvalue weighted by Crippen LogP contribution is -2.42. The van der Waals surface area contributed by atoms with Crippen molar-refractivity contribution in [1.29, 1.82) is 0 Å². The second-order valence-corrected chi connectivity index (χ2v) is 5.85. The Balaban J connectivity index is 1.97. The van der Waals surface area contributed by atoms with Gasteiger partial charge in [0.1, 0.15) is 0 Å². The molecule has 0 radical (unpaired) electrons. The van der Waals surface area contributed by atoms with Gasteiger partial charge < -0.3 is 14.4 Å².